The van der Waals surface area contributed by atoms with Crippen LogP contribution in [0.1, 0.15) is 24.2 Å². The highest BCUT2D eigenvalue weighted by atomic mass is 32.2. The van der Waals surface area contributed by atoms with Gasteiger partial charge in [0.25, 0.3) is 5.88 Å². The number of imidazole rings is 1. The van der Waals surface area contributed by atoms with Crippen molar-refractivity contribution in [1.29, 1.82) is 0 Å². The number of halogens is 3. The maximum Gasteiger partial charge on any atom is 0.328 e. The standard InChI is InChI=1S/C24H23F3N4O5S/c1-5-36-23-20(35-3)7-6-18(29-23)19(11-37(4,33)34)31-22-21(30-24(31)32)12(2)14(10-28-22)13-8-16(26)17(27)9-15(13)25/h6-10,19H,5,11H2,1-4H3,(H,30,32). The molecule has 1 N–H and O–H groups in total. The summed E-state index contributed by atoms with van der Waals surface area (Å²) in [6, 6.07) is 3.08. The fraction of sp³-hybridized carbons (Fsp3) is 0.292. The third-order valence-corrected chi connectivity index (χ3v) is 6.68. The van der Waals surface area contributed by atoms with Crippen molar-refractivity contribution in [3.8, 4) is 22.8 Å². The SMILES string of the molecule is CCOc1nc(C(CS(C)(=O)=O)n2c(=O)[nH]c3c(C)c(-c4cc(F)c(F)cc4F)cnc32)ccc1OC. The van der Waals surface area contributed by atoms with E-state index in [1.54, 1.807) is 19.9 Å². The number of H-pyrrole nitrogens is 1. The van der Waals surface area contributed by atoms with Gasteiger partial charge in [0.2, 0.25) is 0 Å². The number of hydrogen-bond donors (Lipinski definition) is 1. The van der Waals surface area contributed by atoms with E-state index in [0.717, 1.165) is 10.8 Å². The van der Waals surface area contributed by atoms with E-state index in [9.17, 15) is 26.4 Å². The van der Waals surface area contributed by atoms with Crippen molar-refractivity contribution in [2.24, 2.45) is 0 Å². The number of rotatable bonds is 8. The van der Waals surface area contributed by atoms with Gasteiger partial charge in [-0.2, -0.15) is 0 Å². The molecule has 3 heterocycles. The van der Waals surface area contributed by atoms with Gasteiger partial charge >= 0.3 is 5.69 Å². The van der Waals surface area contributed by atoms with E-state index in [-0.39, 0.29) is 40.5 Å². The van der Waals surface area contributed by atoms with Crippen molar-refractivity contribution in [3.63, 3.8) is 0 Å². The number of aryl methyl sites for hydroxylation is 1. The molecule has 13 heteroatoms. The Hall–Kier alpha value is -3.87. The molecule has 1 atom stereocenters. The van der Waals surface area contributed by atoms with Crippen molar-refractivity contribution < 1.29 is 31.1 Å². The Kier molecular flexibility index (Phi) is 7.00. The predicted octanol–water partition coefficient (Wildman–Crippen LogP) is 3.55. The number of pyridine rings is 2. The van der Waals surface area contributed by atoms with Gasteiger partial charge in [-0.1, -0.05) is 0 Å². The zero-order valence-corrected chi connectivity index (χ0v) is 21.1. The van der Waals surface area contributed by atoms with Crippen LogP contribution in [0.2, 0.25) is 0 Å². The number of aromatic amines is 1. The maximum atomic E-state index is 14.5. The number of benzene rings is 1. The highest BCUT2D eigenvalue weighted by molar-refractivity contribution is 7.90. The van der Waals surface area contributed by atoms with Gasteiger partial charge < -0.3 is 14.5 Å². The fourth-order valence-electron chi connectivity index (χ4n) is 4.08. The molecule has 0 saturated heterocycles. The zero-order chi connectivity index (χ0) is 27.1. The Morgan fingerprint density at radius 1 is 1.11 bits per heavy atom. The monoisotopic (exact) mass is 536 g/mol. The van der Waals surface area contributed by atoms with Crippen LogP contribution < -0.4 is 15.2 Å². The van der Waals surface area contributed by atoms with E-state index in [1.165, 1.54) is 19.4 Å². The van der Waals surface area contributed by atoms with Crippen LogP contribution in [0.3, 0.4) is 0 Å². The third kappa shape index (κ3) is 5.03. The van der Waals surface area contributed by atoms with Crippen LogP contribution in [0, 0.1) is 24.4 Å². The van der Waals surface area contributed by atoms with Crippen molar-refractivity contribution in [2.75, 3.05) is 25.7 Å². The van der Waals surface area contributed by atoms with Gasteiger partial charge in [-0.25, -0.2) is 36.4 Å². The lowest BCUT2D eigenvalue weighted by Gasteiger charge is -2.19. The summed E-state index contributed by atoms with van der Waals surface area (Å²) in [4.78, 5) is 24.4. The summed E-state index contributed by atoms with van der Waals surface area (Å²) in [6.45, 7) is 3.55. The topological polar surface area (TPSA) is 116 Å². The van der Waals surface area contributed by atoms with Crippen molar-refractivity contribution >= 4 is 21.0 Å². The molecule has 1 unspecified atom stereocenters. The van der Waals surface area contributed by atoms with Gasteiger partial charge in [0.15, 0.2) is 23.0 Å². The van der Waals surface area contributed by atoms with E-state index in [2.05, 4.69) is 15.0 Å². The minimum Gasteiger partial charge on any atom is -0.491 e. The van der Waals surface area contributed by atoms with Crippen LogP contribution in [-0.4, -0.2) is 53.7 Å². The van der Waals surface area contributed by atoms with Crippen molar-refractivity contribution in [2.45, 2.75) is 19.9 Å². The van der Waals surface area contributed by atoms with Crippen molar-refractivity contribution in [1.82, 2.24) is 19.5 Å². The molecule has 37 heavy (non-hydrogen) atoms. The van der Waals surface area contributed by atoms with Crippen LogP contribution in [-0.2, 0) is 9.84 Å². The molecular weight excluding hydrogens is 513 g/mol. The Morgan fingerprint density at radius 2 is 1.81 bits per heavy atom. The molecular formula is C24H23F3N4O5S. The normalized spacial score (nSPS) is 12.6. The highest BCUT2D eigenvalue weighted by Gasteiger charge is 2.28. The van der Waals surface area contributed by atoms with Crippen LogP contribution in [0.5, 0.6) is 11.6 Å². The molecule has 0 radical (unpaired) electrons. The molecule has 0 amide bonds. The molecule has 0 fully saturated rings. The highest BCUT2D eigenvalue weighted by Crippen LogP contribution is 2.33. The van der Waals surface area contributed by atoms with Gasteiger partial charge in [0.05, 0.1) is 36.7 Å². The third-order valence-electron chi connectivity index (χ3n) is 5.76. The Morgan fingerprint density at radius 3 is 2.46 bits per heavy atom. The van der Waals surface area contributed by atoms with Gasteiger partial charge in [-0.15, -0.1) is 0 Å². The minimum absolute atomic E-state index is 0.0680. The van der Waals surface area contributed by atoms with E-state index in [0.29, 0.717) is 23.4 Å². The summed E-state index contributed by atoms with van der Waals surface area (Å²) in [6.07, 6.45) is 2.23. The summed E-state index contributed by atoms with van der Waals surface area (Å²) in [5.41, 5.74) is -0.0577. The molecule has 4 aromatic rings. The number of nitrogens with zero attached hydrogens (tertiary/aromatic N) is 3. The quantitative estimate of drug-likeness (QED) is 0.343. The fourth-order valence-corrected chi connectivity index (χ4v) is 4.97. The Labute approximate surface area is 209 Å². The smallest absolute Gasteiger partial charge is 0.328 e. The number of sulfone groups is 1. The molecule has 0 aliphatic rings. The Balaban J connectivity index is 1.94. The average Bonchev–Trinajstić information content (AvgIpc) is 3.16. The van der Waals surface area contributed by atoms with E-state index < -0.39 is 44.8 Å². The zero-order valence-electron chi connectivity index (χ0n) is 20.3. The number of ether oxygens (including phenoxy) is 2. The second kappa shape index (κ2) is 9.88. The molecule has 0 aliphatic heterocycles. The number of fused-ring (bicyclic) bond motifs is 1. The number of aromatic nitrogens is 4. The molecule has 196 valence electrons. The van der Waals surface area contributed by atoms with Crippen LogP contribution >= 0.6 is 0 Å². The van der Waals surface area contributed by atoms with Crippen molar-refractivity contribution in [3.05, 3.63) is 69.7 Å². The second-order valence-electron chi connectivity index (χ2n) is 8.33. The summed E-state index contributed by atoms with van der Waals surface area (Å²) in [5.74, 6) is -3.65. The molecule has 0 saturated carbocycles. The lowest BCUT2D eigenvalue weighted by molar-refractivity contribution is 0.296. The molecule has 3 aromatic heterocycles. The van der Waals surface area contributed by atoms with Gasteiger partial charge in [-0.05, 0) is 37.6 Å². The summed E-state index contributed by atoms with van der Waals surface area (Å²) < 4.78 is 78.4. The molecule has 1 aromatic carbocycles. The lowest BCUT2D eigenvalue weighted by Crippen LogP contribution is -2.29. The van der Waals surface area contributed by atoms with Gasteiger partial charge in [-0.3, -0.25) is 4.57 Å². The van der Waals surface area contributed by atoms with E-state index >= 15 is 0 Å². The first-order chi connectivity index (χ1) is 17.4. The van der Waals surface area contributed by atoms with Gasteiger partial charge in [0.1, 0.15) is 15.7 Å². The summed E-state index contributed by atoms with van der Waals surface area (Å²) >= 11 is 0. The number of hydrogen-bond acceptors (Lipinski definition) is 7. The molecule has 0 aliphatic carbocycles. The molecule has 0 spiro atoms. The van der Waals surface area contributed by atoms with E-state index in [1.807, 2.05) is 0 Å². The van der Waals surface area contributed by atoms with Crippen LogP contribution in [0.4, 0.5) is 13.2 Å². The summed E-state index contributed by atoms with van der Waals surface area (Å²) in [7, 11) is -2.21. The predicted molar refractivity (Wildman–Crippen MR) is 130 cm³/mol. The number of nitrogens with one attached hydrogen (secondary N) is 1. The van der Waals surface area contributed by atoms with Crippen LogP contribution in [0.15, 0.2) is 35.3 Å². The van der Waals surface area contributed by atoms with Crippen LogP contribution in [0.25, 0.3) is 22.3 Å². The summed E-state index contributed by atoms with van der Waals surface area (Å²) in [5, 5.41) is 0. The average molecular weight is 537 g/mol. The minimum atomic E-state index is -3.64. The first-order valence-electron chi connectivity index (χ1n) is 11.0. The maximum absolute atomic E-state index is 14.5. The van der Waals surface area contributed by atoms with Gasteiger partial charge in [0, 0.05) is 29.6 Å². The lowest BCUT2D eigenvalue weighted by atomic mass is 10.0. The molecule has 4 rings (SSSR count). The van der Waals surface area contributed by atoms with E-state index in [4.69, 9.17) is 9.47 Å². The first kappa shape index (κ1) is 26.2. The largest absolute Gasteiger partial charge is 0.491 e. The molecule has 9 nitrogen and oxygen atoms in total. The molecule has 0 bridgehead atoms. The number of methoxy groups -OCH3 is 1. The Bertz CT molecular complexity index is 1670. The first-order valence-corrected chi connectivity index (χ1v) is 13.1. The second-order valence-corrected chi connectivity index (χ2v) is 10.5.